The van der Waals surface area contributed by atoms with Gasteiger partial charge in [0.25, 0.3) is 0 Å². The maximum absolute atomic E-state index is 8.55. The lowest BCUT2D eigenvalue weighted by Gasteiger charge is -2.22. The van der Waals surface area contributed by atoms with E-state index < -0.39 is 0 Å². The van der Waals surface area contributed by atoms with Gasteiger partial charge in [-0.3, -0.25) is 0 Å². The van der Waals surface area contributed by atoms with Crippen molar-refractivity contribution in [1.82, 2.24) is 0 Å². The lowest BCUT2D eigenvalue weighted by atomic mass is 10.1. The second kappa shape index (κ2) is 30.0. The number of aliphatic hydroxyl groups excluding tert-OH is 1. The van der Waals surface area contributed by atoms with Gasteiger partial charge in [0.2, 0.25) is 0 Å². The lowest BCUT2D eigenvalue weighted by Crippen LogP contribution is -2.22. The van der Waals surface area contributed by atoms with Crippen molar-refractivity contribution >= 4 is 0 Å². The third-order valence-corrected chi connectivity index (χ3v) is 5.91. The second-order valence-corrected chi connectivity index (χ2v) is 9.34. The van der Waals surface area contributed by atoms with Gasteiger partial charge in [-0.05, 0) is 57.8 Å². The summed E-state index contributed by atoms with van der Waals surface area (Å²) in [6, 6.07) is 0. The second-order valence-electron chi connectivity index (χ2n) is 9.34. The van der Waals surface area contributed by atoms with Crippen LogP contribution in [0.1, 0.15) is 149 Å². The highest BCUT2D eigenvalue weighted by Crippen LogP contribution is 2.14. The van der Waals surface area contributed by atoms with E-state index in [0.717, 1.165) is 71.0 Å². The normalized spacial score (nSPS) is 14.9. The molecule has 0 aromatic rings. The lowest BCUT2D eigenvalue weighted by molar-refractivity contribution is -0.162. The number of rotatable bonds is 18. The first kappa shape index (κ1) is 33.0. The molecule has 1 rings (SSSR count). The summed E-state index contributed by atoms with van der Waals surface area (Å²) in [6.45, 7) is 6.51. The Labute approximate surface area is 213 Å². The first-order chi connectivity index (χ1) is 16.8. The number of aliphatic hydroxyl groups is 1. The van der Waals surface area contributed by atoms with E-state index in [1.807, 2.05) is 0 Å². The van der Waals surface area contributed by atoms with Gasteiger partial charge in [-0.1, -0.05) is 65.2 Å². The summed E-state index contributed by atoms with van der Waals surface area (Å²) in [5, 5.41) is 8.55. The van der Waals surface area contributed by atoms with Crippen LogP contribution in [0, 0.1) is 23.7 Å². The first-order valence-electron chi connectivity index (χ1n) is 14.6. The van der Waals surface area contributed by atoms with Crippen molar-refractivity contribution in [2.24, 2.45) is 0 Å². The summed E-state index contributed by atoms with van der Waals surface area (Å²) >= 11 is 0. The third kappa shape index (κ3) is 27.2. The molecule has 1 aliphatic heterocycles. The molecule has 0 aromatic heterocycles. The molecule has 3 heteroatoms. The van der Waals surface area contributed by atoms with E-state index in [0.29, 0.717) is 6.61 Å². The van der Waals surface area contributed by atoms with Crippen LogP contribution in [0.4, 0.5) is 0 Å². The minimum atomic E-state index is 0.0756. The fourth-order valence-electron chi connectivity index (χ4n) is 3.69. The largest absolute Gasteiger partial charge is 0.396 e. The van der Waals surface area contributed by atoms with Crippen molar-refractivity contribution in [3.05, 3.63) is 0 Å². The van der Waals surface area contributed by atoms with E-state index in [-0.39, 0.29) is 6.29 Å². The van der Waals surface area contributed by atoms with Gasteiger partial charge in [0.05, 0.1) is 0 Å². The number of hydrogen-bond acceptors (Lipinski definition) is 3. The molecular weight excluding hydrogens is 420 g/mol. The van der Waals surface area contributed by atoms with E-state index in [9.17, 15) is 0 Å². The Morgan fingerprint density at radius 1 is 0.647 bits per heavy atom. The van der Waals surface area contributed by atoms with Crippen molar-refractivity contribution in [2.45, 2.75) is 155 Å². The molecule has 1 N–H and O–H groups in total. The van der Waals surface area contributed by atoms with Crippen LogP contribution in [0.5, 0.6) is 0 Å². The molecule has 1 heterocycles. The molecule has 0 aliphatic carbocycles. The third-order valence-electron chi connectivity index (χ3n) is 5.91. The standard InChI is InChI=1S/C18H32O2.C13H24O/c1-2-3-4-5-6-7-8-9-10-11-13-16-19-18-15-12-14-17-20-18;1-2-3-4-5-6-7-8-9-10-11-12-13-14/h18H,2-6,9-17H2,1H3;14H,2-6,9-13H2,1H3. The molecule has 0 amide bonds. The van der Waals surface area contributed by atoms with Crippen LogP contribution >= 0.6 is 0 Å². The summed E-state index contributed by atoms with van der Waals surface area (Å²) in [7, 11) is 0. The smallest absolute Gasteiger partial charge is 0.157 e. The number of ether oxygens (including phenoxy) is 2. The topological polar surface area (TPSA) is 38.7 Å². The molecule has 3 nitrogen and oxygen atoms in total. The molecule has 1 unspecified atom stereocenters. The van der Waals surface area contributed by atoms with Crippen molar-refractivity contribution in [2.75, 3.05) is 19.8 Å². The Morgan fingerprint density at radius 2 is 1.15 bits per heavy atom. The summed E-state index contributed by atoms with van der Waals surface area (Å²) in [4.78, 5) is 0. The number of hydrogen-bond donors (Lipinski definition) is 1. The highest BCUT2D eigenvalue weighted by molar-refractivity contribution is 4.98. The Morgan fingerprint density at radius 3 is 1.59 bits per heavy atom. The minimum absolute atomic E-state index is 0.0756. The molecule has 0 radical (unpaired) electrons. The molecule has 34 heavy (non-hydrogen) atoms. The highest BCUT2D eigenvalue weighted by atomic mass is 16.7. The van der Waals surface area contributed by atoms with E-state index >= 15 is 0 Å². The predicted molar refractivity (Wildman–Crippen MR) is 147 cm³/mol. The van der Waals surface area contributed by atoms with Crippen molar-refractivity contribution < 1.29 is 14.6 Å². The Kier molecular flexibility index (Phi) is 29.1. The first-order valence-corrected chi connectivity index (χ1v) is 14.6. The van der Waals surface area contributed by atoms with Crippen molar-refractivity contribution in [1.29, 1.82) is 0 Å². The molecule has 0 aromatic carbocycles. The Bertz CT molecular complexity index is 486. The van der Waals surface area contributed by atoms with Gasteiger partial charge >= 0.3 is 0 Å². The van der Waals surface area contributed by atoms with Gasteiger partial charge in [-0.2, -0.15) is 0 Å². The summed E-state index contributed by atoms with van der Waals surface area (Å²) in [5.41, 5.74) is 0. The van der Waals surface area contributed by atoms with Crippen LogP contribution in [-0.4, -0.2) is 31.2 Å². The molecule has 1 aliphatic rings. The van der Waals surface area contributed by atoms with E-state index in [2.05, 4.69) is 37.5 Å². The van der Waals surface area contributed by atoms with Gasteiger partial charge in [-0.15, -0.1) is 23.7 Å². The zero-order valence-corrected chi connectivity index (χ0v) is 22.8. The van der Waals surface area contributed by atoms with Gasteiger partial charge < -0.3 is 14.6 Å². The summed E-state index contributed by atoms with van der Waals surface area (Å²) in [6.07, 6.45) is 25.1. The molecule has 1 atom stereocenters. The fourth-order valence-corrected chi connectivity index (χ4v) is 3.69. The monoisotopic (exact) mass is 476 g/mol. The van der Waals surface area contributed by atoms with Crippen LogP contribution < -0.4 is 0 Å². The molecule has 1 fully saturated rings. The van der Waals surface area contributed by atoms with Crippen LogP contribution in [0.15, 0.2) is 0 Å². The average Bonchev–Trinajstić information content (AvgIpc) is 2.87. The maximum atomic E-state index is 8.55. The van der Waals surface area contributed by atoms with E-state index in [4.69, 9.17) is 14.6 Å². The van der Waals surface area contributed by atoms with Gasteiger partial charge in [0.1, 0.15) is 0 Å². The molecule has 0 bridgehead atoms. The quantitative estimate of drug-likeness (QED) is 0.159. The van der Waals surface area contributed by atoms with Gasteiger partial charge in [-0.25, -0.2) is 0 Å². The summed E-state index contributed by atoms with van der Waals surface area (Å²) in [5.74, 6) is 13.0. The summed E-state index contributed by atoms with van der Waals surface area (Å²) < 4.78 is 11.2. The molecular formula is C31H56O3. The Balaban J connectivity index is 0.000000686. The zero-order chi connectivity index (χ0) is 24.8. The minimum Gasteiger partial charge on any atom is -0.396 e. The van der Waals surface area contributed by atoms with Gasteiger partial charge in [0.15, 0.2) is 6.29 Å². The maximum Gasteiger partial charge on any atom is 0.157 e. The van der Waals surface area contributed by atoms with E-state index in [1.165, 1.54) is 77.0 Å². The average molecular weight is 477 g/mol. The molecule has 0 saturated carbocycles. The van der Waals surface area contributed by atoms with Crippen molar-refractivity contribution in [3.8, 4) is 23.7 Å². The van der Waals surface area contributed by atoms with Gasteiger partial charge in [0, 0.05) is 45.5 Å². The highest BCUT2D eigenvalue weighted by Gasteiger charge is 2.13. The zero-order valence-electron chi connectivity index (χ0n) is 22.8. The predicted octanol–water partition coefficient (Wildman–Crippen LogP) is 8.58. The van der Waals surface area contributed by atoms with Crippen LogP contribution in [0.3, 0.4) is 0 Å². The molecule has 1 saturated heterocycles. The van der Waals surface area contributed by atoms with Crippen LogP contribution in [-0.2, 0) is 9.47 Å². The van der Waals surface area contributed by atoms with Crippen LogP contribution in [0.2, 0.25) is 0 Å². The van der Waals surface area contributed by atoms with Crippen molar-refractivity contribution in [3.63, 3.8) is 0 Å². The molecule has 198 valence electrons. The van der Waals surface area contributed by atoms with E-state index in [1.54, 1.807) is 0 Å². The molecule has 0 spiro atoms. The SMILES string of the molecule is CCCCCCC#CCCCCCO.CCCCCCC#CCCCCCOC1CCCCO1. The fraction of sp³-hybridized carbons (Fsp3) is 0.871. The Hall–Kier alpha value is -1.00. The van der Waals surface area contributed by atoms with Crippen LogP contribution in [0.25, 0.3) is 0 Å². The number of unbranched alkanes of at least 4 members (excludes halogenated alkanes) is 14.